The van der Waals surface area contributed by atoms with Crippen LogP contribution in [0.5, 0.6) is 0 Å². The molecule has 0 heterocycles. The number of hydrogen-bond acceptors (Lipinski definition) is 4. The molecule has 0 unspecified atom stereocenters. The largest absolute Gasteiger partial charge is 0.458 e. The van der Waals surface area contributed by atoms with Gasteiger partial charge in [-0.15, -0.1) is 0 Å². The van der Waals surface area contributed by atoms with Crippen LogP contribution >= 0.6 is 22.6 Å². The third-order valence-electron chi connectivity index (χ3n) is 0.784. The van der Waals surface area contributed by atoms with E-state index < -0.39 is 11.9 Å². The second-order valence-electron chi connectivity index (χ2n) is 1.57. The van der Waals surface area contributed by atoms with E-state index in [1.807, 2.05) is 0 Å². The van der Waals surface area contributed by atoms with Crippen LogP contribution in [0.2, 0.25) is 0 Å². The van der Waals surface area contributed by atoms with E-state index in [1.54, 1.807) is 29.5 Å². The van der Waals surface area contributed by atoms with E-state index in [2.05, 4.69) is 19.3 Å². The van der Waals surface area contributed by atoms with Crippen LogP contribution in [0.15, 0.2) is 0 Å². The van der Waals surface area contributed by atoms with E-state index >= 15 is 0 Å². The van der Waals surface area contributed by atoms with Gasteiger partial charge in [0.25, 0.3) is 0 Å². The Kier molecular flexibility index (Phi) is 6.47. The van der Waals surface area contributed by atoms with Gasteiger partial charge < -0.3 is 9.47 Å². The quantitative estimate of drug-likeness (QED) is 0.320. The van der Waals surface area contributed by atoms with Crippen LogP contribution in [0.1, 0.15) is 6.92 Å². The van der Waals surface area contributed by atoms with Crippen molar-refractivity contribution in [3.05, 3.63) is 0 Å². The second-order valence-corrected chi connectivity index (χ2v) is 2.11. The molecule has 0 aliphatic carbocycles. The van der Waals surface area contributed by atoms with Crippen molar-refractivity contribution < 1.29 is 19.1 Å². The Hall–Kier alpha value is -0.770. The van der Waals surface area contributed by atoms with Gasteiger partial charge in [0, 0.05) is 22.6 Å². The van der Waals surface area contributed by atoms with Crippen LogP contribution < -0.4 is 0 Å². The highest BCUT2D eigenvalue weighted by Gasteiger charge is 2.15. The maximum atomic E-state index is 10.6. The molecule has 0 aromatic rings. The Morgan fingerprint density at radius 3 is 2.42 bits per heavy atom. The van der Waals surface area contributed by atoms with Crippen molar-refractivity contribution in [2.45, 2.75) is 6.92 Å². The molecule has 0 fully saturated rings. The molecule has 0 atom stereocenters. The summed E-state index contributed by atoms with van der Waals surface area (Å²) in [5.41, 5.74) is 0. The van der Waals surface area contributed by atoms with Gasteiger partial charge in [0.1, 0.15) is 0 Å². The zero-order valence-corrected chi connectivity index (χ0v) is 8.58. The Balaban J connectivity index is 3.69. The van der Waals surface area contributed by atoms with Crippen molar-refractivity contribution in [1.82, 2.24) is 0 Å². The molecule has 0 rings (SSSR count). The minimum atomic E-state index is -1.00. The van der Waals surface area contributed by atoms with Crippen molar-refractivity contribution in [2.24, 2.45) is 0 Å². The van der Waals surface area contributed by atoms with Gasteiger partial charge in [0.05, 0.1) is 6.61 Å². The Labute approximate surface area is 83.7 Å². The van der Waals surface area contributed by atoms with Gasteiger partial charge in [-0.25, -0.2) is 9.59 Å². The molecule has 0 aliphatic rings. The van der Waals surface area contributed by atoms with Gasteiger partial charge in [-0.1, -0.05) is 5.92 Å². The molecule has 0 aromatic heterocycles. The first-order valence-corrected chi connectivity index (χ1v) is 4.22. The van der Waals surface area contributed by atoms with E-state index in [9.17, 15) is 9.59 Å². The molecular formula is C7H7IO4. The summed E-state index contributed by atoms with van der Waals surface area (Å²) in [5, 5.41) is 0. The first-order valence-electron chi connectivity index (χ1n) is 3.14. The molecule has 0 amide bonds. The van der Waals surface area contributed by atoms with Crippen molar-refractivity contribution in [2.75, 3.05) is 13.2 Å². The summed E-state index contributed by atoms with van der Waals surface area (Å²) < 4.78 is 11.3. The van der Waals surface area contributed by atoms with E-state index in [-0.39, 0.29) is 13.2 Å². The van der Waals surface area contributed by atoms with Crippen LogP contribution in [0.4, 0.5) is 0 Å². The number of carbonyl (C=O) groups is 2. The van der Waals surface area contributed by atoms with Crippen LogP contribution in [-0.2, 0) is 19.1 Å². The lowest BCUT2D eigenvalue weighted by Gasteiger charge is -1.99. The topological polar surface area (TPSA) is 52.6 Å². The maximum Gasteiger partial charge on any atom is 0.418 e. The number of esters is 2. The Bertz CT molecular complexity index is 225. The number of halogens is 1. The highest BCUT2D eigenvalue weighted by molar-refractivity contribution is 14.1. The van der Waals surface area contributed by atoms with Crippen molar-refractivity contribution in [3.63, 3.8) is 0 Å². The summed E-state index contributed by atoms with van der Waals surface area (Å²) in [6.45, 7) is 1.68. The number of ether oxygens (including phenoxy) is 2. The third kappa shape index (κ3) is 4.96. The maximum absolute atomic E-state index is 10.6. The van der Waals surface area contributed by atoms with Gasteiger partial charge >= 0.3 is 11.9 Å². The molecular weight excluding hydrogens is 275 g/mol. The molecule has 0 saturated carbocycles. The zero-order chi connectivity index (χ0) is 9.40. The molecule has 5 heteroatoms. The van der Waals surface area contributed by atoms with Crippen LogP contribution in [-0.4, -0.2) is 25.2 Å². The number of rotatable bonds is 2. The monoisotopic (exact) mass is 282 g/mol. The minimum absolute atomic E-state index is 0.0828. The van der Waals surface area contributed by atoms with E-state index in [0.717, 1.165) is 0 Å². The van der Waals surface area contributed by atoms with Crippen LogP contribution in [0, 0.1) is 9.85 Å². The SMILES string of the molecule is CCOC(=O)C(=O)OCC#CI. The lowest BCUT2D eigenvalue weighted by atomic mass is 10.6. The normalized spacial score (nSPS) is 7.83. The molecule has 0 spiro atoms. The molecule has 12 heavy (non-hydrogen) atoms. The Morgan fingerprint density at radius 2 is 1.92 bits per heavy atom. The molecule has 4 nitrogen and oxygen atoms in total. The van der Waals surface area contributed by atoms with Crippen molar-refractivity contribution in [3.8, 4) is 9.85 Å². The average molecular weight is 282 g/mol. The highest BCUT2D eigenvalue weighted by atomic mass is 127. The summed E-state index contributed by atoms with van der Waals surface area (Å²) in [5.74, 6) is 0.479. The van der Waals surface area contributed by atoms with Gasteiger partial charge in [-0.05, 0) is 10.9 Å². The number of hydrogen-bond donors (Lipinski definition) is 0. The van der Waals surface area contributed by atoms with E-state index in [1.165, 1.54) is 0 Å². The summed E-state index contributed by atoms with van der Waals surface area (Å²) >= 11 is 1.80. The highest BCUT2D eigenvalue weighted by Crippen LogP contribution is 1.84. The van der Waals surface area contributed by atoms with E-state index in [4.69, 9.17) is 0 Å². The summed E-state index contributed by atoms with van der Waals surface area (Å²) in [4.78, 5) is 21.2. The fourth-order valence-corrected chi connectivity index (χ4v) is 0.534. The van der Waals surface area contributed by atoms with Gasteiger partial charge in [-0.2, -0.15) is 0 Å². The fourth-order valence-electron chi connectivity index (χ4n) is 0.378. The first-order chi connectivity index (χ1) is 5.72. The smallest absolute Gasteiger partial charge is 0.418 e. The summed E-state index contributed by atoms with van der Waals surface area (Å²) in [7, 11) is 0. The first kappa shape index (κ1) is 11.2. The second kappa shape index (κ2) is 6.91. The van der Waals surface area contributed by atoms with Crippen LogP contribution in [0.25, 0.3) is 0 Å². The predicted octanol–water partition coefficient (Wildman–Crippen LogP) is 0.489. The van der Waals surface area contributed by atoms with Crippen molar-refractivity contribution >= 4 is 34.5 Å². The third-order valence-corrected chi connectivity index (χ3v) is 1.17. The Morgan fingerprint density at radius 1 is 1.33 bits per heavy atom. The lowest BCUT2D eigenvalue weighted by molar-refractivity contribution is -0.166. The molecule has 0 N–H and O–H groups in total. The summed E-state index contributed by atoms with van der Waals surface area (Å²) in [6, 6.07) is 0. The number of carbonyl (C=O) groups excluding carboxylic acids is 2. The molecule has 0 saturated heterocycles. The van der Waals surface area contributed by atoms with Gasteiger partial charge in [-0.3, -0.25) is 0 Å². The molecule has 0 aliphatic heterocycles. The van der Waals surface area contributed by atoms with E-state index in [0.29, 0.717) is 0 Å². The summed E-state index contributed by atoms with van der Waals surface area (Å²) in [6.07, 6.45) is 0. The van der Waals surface area contributed by atoms with Gasteiger partial charge in [0.15, 0.2) is 6.61 Å². The molecule has 0 bridgehead atoms. The van der Waals surface area contributed by atoms with Crippen molar-refractivity contribution in [1.29, 1.82) is 0 Å². The fraction of sp³-hybridized carbons (Fsp3) is 0.429. The van der Waals surface area contributed by atoms with Gasteiger partial charge in [0.2, 0.25) is 0 Å². The predicted molar refractivity (Wildman–Crippen MR) is 49.4 cm³/mol. The molecule has 0 radical (unpaired) electrons. The minimum Gasteiger partial charge on any atom is -0.458 e. The standard InChI is InChI=1S/C7H7IO4/c1-2-11-6(9)7(10)12-5-3-4-8/h2,5H2,1H3. The lowest BCUT2D eigenvalue weighted by Crippen LogP contribution is -2.20. The zero-order valence-electron chi connectivity index (χ0n) is 6.43. The average Bonchev–Trinajstić information content (AvgIpc) is 2.05. The molecule has 0 aromatic carbocycles. The molecule has 66 valence electrons. The van der Waals surface area contributed by atoms with Crippen LogP contribution in [0.3, 0.4) is 0 Å².